The lowest BCUT2D eigenvalue weighted by atomic mass is 9.98. The number of unbranched alkanes of at least 4 members (excludes halogenated alkanes) is 30. The van der Waals surface area contributed by atoms with Crippen molar-refractivity contribution in [1.82, 2.24) is 5.32 Å². The van der Waals surface area contributed by atoms with Crippen molar-refractivity contribution in [2.75, 3.05) is 13.2 Å². The van der Waals surface area contributed by atoms with E-state index in [2.05, 4.69) is 19.2 Å². The fourth-order valence-electron chi connectivity index (χ4n) is 8.27. The lowest BCUT2D eigenvalue weighted by Gasteiger charge is -2.40. The summed E-state index contributed by atoms with van der Waals surface area (Å²) in [6.45, 7) is 3.45. The SMILES string of the molecule is CCCCCCCCCCCCCCCCCCCCCCC[C@@H](O)C(=O)N[C@@H](CO[C@H]1O[C@H](CO)[C@H](O)[C@H](O)[C@H]1O)[C@H](O)[C@H](O)CCCCCCCCCCCCC. The Hall–Kier alpha value is -0.890. The van der Waals surface area contributed by atoms with Gasteiger partial charge in [-0.2, -0.15) is 0 Å². The van der Waals surface area contributed by atoms with Crippen molar-refractivity contribution in [2.24, 2.45) is 0 Å². The van der Waals surface area contributed by atoms with Gasteiger partial charge in [-0.1, -0.05) is 219 Å². The maximum atomic E-state index is 13.1. The molecule has 0 aromatic rings. The summed E-state index contributed by atoms with van der Waals surface area (Å²) < 4.78 is 11.1. The molecule has 352 valence electrons. The Balaban J connectivity index is 2.34. The van der Waals surface area contributed by atoms with E-state index in [4.69, 9.17) is 9.47 Å². The number of rotatable bonds is 42. The van der Waals surface area contributed by atoms with E-state index in [1.165, 1.54) is 154 Å². The molecule has 0 radical (unpaired) electrons. The molecule has 0 aliphatic carbocycles. The third-order valence-electron chi connectivity index (χ3n) is 12.4. The van der Waals surface area contributed by atoms with Crippen LogP contribution in [0, 0.1) is 0 Å². The van der Waals surface area contributed by atoms with Gasteiger partial charge in [0.1, 0.15) is 36.6 Å². The summed E-state index contributed by atoms with van der Waals surface area (Å²) in [5, 5.41) is 75.7. The summed E-state index contributed by atoms with van der Waals surface area (Å²) in [6.07, 6.45) is 28.7. The quantitative estimate of drug-likeness (QED) is 0.0276. The predicted octanol–water partition coefficient (Wildman–Crippen LogP) is 8.67. The third kappa shape index (κ3) is 28.4. The van der Waals surface area contributed by atoms with Crippen LogP contribution in [-0.4, -0.2) is 110 Å². The summed E-state index contributed by atoms with van der Waals surface area (Å²) >= 11 is 0. The molecule has 1 saturated heterocycles. The lowest BCUT2D eigenvalue weighted by Crippen LogP contribution is -2.60. The monoisotopic (exact) mass is 846 g/mol. The number of carbonyl (C=O) groups is 1. The highest BCUT2D eigenvalue weighted by molar-refractivity contribution is 5.80. The molecule has 1 aliphatic rings. The number of aliphatic hydroxyl groups excluding tert-OH is 7. The number of aliphatic hydroxyl groups is 7. The van der Waals surface area contributed by atoms with Gasteiger partial charge in [-0.05, 0) is 12.8 Å². The van der Waals surface area contributed by atoms with Crippen molar-refractivity contribution >= 4 is 5.91 Å². The van der Waals surface area contributed by atoms with E-state index in [1.54, 1.807) is 0 Å². The van der Waals surface area contributed by atoms with Crippen molar-refractivity contribution < 1.29 is 50.0 Å². The molecular weight excluding hydrogens is 751 g/mol. The molecule has 0 aromatic carbocycles. The molecule has 11 nitrogen and oxygen atoms in total. The molecule has 9 atom stereocenters. The van der Waals surface area contributed by atoms with Crippen molar-refractivity contribution in [2.45, 2.75) is 287 Å². The zero-order chi connectivity index (χ0) is 43.4. The second-order valence-corrected chi connectivity index (χ2v) is 17.9. The van der Waals surface area contributed by atoms with Gasteiger partial charge in [-0.25, -0.2) is 0 Å². The number of nitrogens with one attached hydrogen (secondary N) is 1. The van der Waals surface area contributed by atoms with Gasteiger partial charge >= 0.3 is 0 Å². The molecule has 0 bridgehead atoms. The van der Waals surface area contributed by atoms with Gasteiger partial charge in [-0.15, -0.1) is 0 Å². The van der Waals surface area contributed by atoms with Crippen molar-refractivity contribution in [3.63, 3.8) is 0 Å². The molecule has 59 heavy (non-hydrogen) atoms. The Morgan fingerprint density at radius 3 is 1.25 bits per heavy atom. The first-order chi connectivity index (χ1) is 28.7. The molecule has 0 unspecified atom stereocenters. The average Bonchev–Trinajstić information content (AvgIpc) is 3.23. The highest BCUT2D eigenvalue weighted by Crippen LogP contribution is 2.23. The van der Waals surface area contributed by atoms with Gasteiger partial charge in [0.25, 0.3) is 0 Å². The molecule has 8 N–H and O–H groups in total. The van der Waals surface area contributed by atoms with Crippen molar-refractivity contribution in [3.05, 3.63) is 0 Å². The number of ether oxygens (including phenoxy) is 2. The number of carbonyl (C=O) groups excluding carboxylic acids is 1. The molecule has 1 fully saturated rings. The summed E-state index contributed by atoms with van der Waals surface area (Å²) in [5.41, 5.74) is 0. The van der Waals surface area contributed by atoms with Crippen LogP contribution in [-0.2, 0) is 14.3 Å². The van der Waals surface area contributed by atoms with E-state index in [0.29, 0.717) is 19.3 Å². The van der Waals surface area contributed by atoms with Crippen LogP contribution in [0.2, 0.25) is 0 Å². The predicted molar refractivity (Wildman–Crippen MR) is 238 cm³/mol. The maximum Gasteiger partial charge on any atom is 0.249 e. The van der Waals surface area contributed by atoms with Crippen LogP contribution in [0.25, 0.3) is 0 Å². The van der Waals surface area contributed by atoms with Gasteiger partial charge in [0.05, 0.1) is 25.4 Å². The Kier molecular flexibility index (Phi) is 36.9. The number of hydrogen-bond donors (Lipinski definition) is 8. The Bertz CT molecular complexity index is 928. The Labute approximate surface area is 360 Å². The summed E-state index contributed by atoms with van der Waals surface area (Å²) in [6, 6.07) is -1.16. The lowest BCUT2D eigenvalue weighted by molar-refractivity contribution is -0.303. The zero-order valence-corrected chi connectivity index (χ0v) is 38.0. The van der Waals surface area contributed by atoms with Gasteiger partial charge in [0.2, 0.25) is 5.91 Å². The van der Waals surface area contributed by atoms with Gasteiger partial charge < -0.3 is 50.5 Å². The summed E-state index contributed by atoms with van der Waals surface area (Å²) in [5.74, 6) is -0.693. The largest absolute Gasteiger partial charge is 0.394 e. The van der Waals surface area contributed by atoms with E-state index in [1.807, 2.05) is 0 Å². The molecule has 1 aliphatic heterocycles. The second-order valence-electron chi connectivity index (χ2n) is 17.9. The van der Waals surface area contributed by atoms with E-state index in [0.717, 1.165) is 38.5 Å². The standard InChI is InChI=1S/C48H95NO10/c1-3-5-7-9-11-13-15-16-17-18-19-20-21-22-23-24-26-28-30-32-34-36-41(52)47(57)49-39(38-58-48-46(56)45(55)44(54)42(37-50)59-48)43(53)40(51)35-33-31-29-27-25-14-12-10-8-6-4-2/h39-46,48,50-56H,3-38H2,1-2H3,(H,49,57)/t39-,40+,41+,42+,43-,44-,45-,46+,48-/m0/s1. The van der Waals surface area contributed by atoms with Gasteiger partial charge in [0, 0.05) is 0 Å². The molecule has 1 rings (SSSR count). The molecule has 11 heteroatoms. The van der Waals surface area contributed by atoms with Gasteiger partial charge in [0.15, 0.2) is 6.29 Å². The van der Waals surface area contributed by atoms with E-state index in [-0.39, 0.29) is 6.42 Å². The van der Waals surface area contributed by atoms with E-state index >= 15 is 0 Å². The fraction of sp³-hybridized carbons (Fsp3) is 0.979. The van der Waals surface area contributed by atoms with Gasteiger partial charge in [-0.3, -0.25) is 4.79 Å². The Morgan fingerprint density at radius 1 is 0.525 bits per heavy atom. The number of amides is 1. The fourth-order valence-corrected chi connectivity index (χ4v) is 8.27. The first-order valence-electron chi connectivity index (χ1n) is 24.9. The molecule has 0 spiro atoms. The van der Waals surface area contributed by atoms with Crippen LogP contribution < -0.4 is 5.32 Å². The van der Waals surface area contributed by atoms with Crippen LogP contribution in [0.3, 0.4) is 0 Å². The zero-order valence-electron chi connectivity index (χ0n) is 38.0. The topological polar surface area (TPSA) is 189 Å². The first-order valence-corrected chi connectivity index (χ1v) is 24.9. The Morgan fingerprint density at radius 2 is 0.881 bits per heavy atom. The number of hydrogen-bond acceptors (Lipinski definition) is 10. The third-order valence-corrected chi connectivity index (χ3v) is 12.4. The summed E-state index contributed by atoms with van der Waals surface area (Å²) in [7, 11) is 0. The first kappa shape index (κ1) is 56.1. The highest BCUT2D eigenvalue weighted by atomic mass is 16.7. The van der Waals surface area contributed by atoms with Crippen LogP contribution in [0.1, 0.15) is 232 Å². The minimum absolute atomic E-state index is 0.266. The highest BCUT2D eigenvalue weighted by Gasteiger charge is 2.44. The molecule has 1 amide bonds. The molecular formula is C48H95NO10. The second kappa shape index (κ2) is 38.8. The smallest absolute Gasteiger partial charge is 0.249 e. The minimum Gasteiger partial charge on any atom is -0.394 e. The van der Waals surface area contributed by atoms with Crippen LogP contribution in [0.4, 0.5) is 0 Å². The molecule has 0 aromatic heterocycles. The van der Waals surface area contributed by atoms with Crippen LogP contribution in [0.15, 0.2) is 0 Å². The summed E-state index contributed by atoms with van der Waals surface area (Å²) in [4.78, 5) is 13.1. The minimum atomic E-state index is -1.66. The van der Waals surface area contributed by atoms with Crippen LogP contribution in [0.5, 0.6) is 0 Å². The maximum absolute atomic E-state index is 13.1. The normalized spacial score (nSPS) is 21.7. The molecule has 0 saturated carbocycles. The van der Waals surface area contributed by atoms with E-state index in [9.17, 15) is 40.5 Å². The van der Waals surface area contributed by atoms with Crippen molar-refractivity contribution in [3.8, 4) is 0 Å². The average molecular weight is 846 g/mol. The van der Waals surface area contributed by atoms with E-state index < -0.39 is 74.2 Å². The van der Waals surface area contributed by atoms with Crippen LogP contribution >= 0.6 is 0 Å². The van der Waals surface area contributed by atoms with Crippen molar-refractivity contribution in [1.29, 1.82) is 0 Å². The molecule has 1 heterocycles.